The lowest BCUT2D eigenvalue weighted by molar-refractivity contribution is 0.196. The number of likely N-dealkylation sites (tertiary alicyclic amines) is 1. The van der Waals surface area contributed by atoms with E-state index in [9.17, 15) is 0 Å². The van der Waals surface area contributed by atoms with Gasteiger partial charge in [-0.1, -0.05) is 25.7 Å². The number of hydrogen-bond donors (Lipinski definition) is 1. The predicted molar refractivity (Wildman–Crippen MR) is 60.2 cm³/mol. The quantitative estimate of drug-likeness (QED) is 0.748. The molecule has 0 radical (unpaired) electrons. The van der Waals surface area contributed by atoms with Crippen LogP contribution in [0, 0.1) is 5.92 Å². The highest BCUT2D eigenvalue weighted by molar-refractivity contribution is 4.76. The Morgan fingerprint density at radius 1 is 1.07 bits per heavy atom. The van der Waals surface area contributed by atoms with Crippen LogP contribution in [0.25, 0.3) is 0 Å². The highest BCUT2D eigenvalue weighted by Crippen LogP contribution is 2.27. The molecule has 1 atom stereocenters. The van der Waals surface area contributed by atoms with Crippen molar-refractivity contribution in [2.24, 2.45) is 11.7 Å². The molecule has 0 amide bonds. The highest BCUT2D eigenvalue weighted by atomic mass is 15.1. The molecule has 14 heavy (non-hydrogen) atoms. The second kappa shape index (κ2) is 5.13. The van der Waals surface area contributed by atoms with Crippen molar-refractivity contribution in [3.05, 3.63) is 0 Å². The summed E-state index contributed by atoms with van der Waals surface area (Å²) in [6.45, 7) is 3.74. The maximum Gasteiger partial charge on any atom is 0.0168 e. The van der Waals surface area contributed by atoms with Crippen LogP contribution in [0.15, 0.2) is 0 Å². The van der Waals surface area contributed by atoms with Gasteiger partial charge in [0.1, 0.15) is 0 Å². The van der Waals surface area contributed by atoms with Gasteiger partial charge in [-0.25, -0.2) is 0 Å². The van der Waals surface area contributed by atoms with E-state index in [1.54, 1.807) is 0 Å². The number of nitrogens with zero attached hydrogens (tertiary/aromatic N) is 1. The van der Waals surface area contributed by atoms with E-state index in [1.165, 1.54) is 58.0 Å². The fraction of sp³-hybridized carbons (Fsp3) is 1.00. The molecular formula is C12H24N2. The van der Waals surface area contributed by atoms with Gasteiger partial charge in [-0.05, 0) is 38.3 Å². The minimum atomic E-state index is 0.451. The zero-order valence-corrected chi connectivity index (χ0v) is 9.25. The maximum atomic E-state index is 5.97. The van der Waals surface area contributed by atoms with Crippen LogP contribution in [0.3, 0.4) is 0 Å². The first-order chi connectivity index (χ1) is 6.84. The largest absolute Gasteiger partial charge is 0.327 e. The molecule has 0 spiro atoms. The van der Waals surface area contributed by atoms with E-state index in [1.807, 2.05) is 0 Å². The van der Waals surface area contributed by atoms with Gasteiger partial charge in [-0.15, -0.1) is 0 Å². The topological polar surface area (TPSA) is 29.3 Å². The van der Waals surface area contributed by atoms with E-state index in [2.05, 4.69) is 4.90 Å². The van der Waals surface area contributed by atoms with Crippen molar-refractivity contribution in [2.75, 3.05) is 19.6 Å². The summed E-state index contributed by atoms with van der Waals surface area (Å²) in [5.74, 6) is 1.04. The van der Waals surface area contributed by atoms with Crippen LogP contribution in [0.5, 0.6) is 0 Å². The molecule has 2 N–H and O–H groups in total. The lowest BCUT2D eigenvalue weighted by atomic mass is 10.0. The third-order valence-corrected chi connectivity index (χ3v) is 3.87. The van der Waals surface area contributed by atoms with Gasteiger partial charge in [0.05, 0.1) is 0 Å². The van der Waals surface area contributed by atoms with Gasteiger partial charge in [-0.2, -0.15) is 0 Å². The lowest BCUT2D eigenvalue weighted by Gasteiger charge is -2.31. The molecule has 2 nitrogen and oxygen atoms in total. The first-order valence-corrected chi connectivity index (χ1v) is 6.32. The summed E-state index contributed by atoms with van der Waals surface area (Å²) in [6, 6.07) is 0.451. The summed E-state index contributed by atoms with van der Waals surface area (Å²) in [5.41, 5.74) is 5.97. The Balaban J connectivity index is 1.64. The van der Waals surface area contributed by atoms with Gasteiger partial charge in [0, 0.05) is 12.6 Å². The highest BCUT2D eigenvalue weighted by Gasteiger charge is 2.19. The molecule has 0 aromatic rings. The summed E-state index contributed by atoms with van der Waals surface area (Å²) < 4.78 is 0. The van der Waals surface area contributed by atoms with Gasteiger partial charge in [0.25, 0.3) is 0 Å². The van der Waals surface area contributed by atoms with Crippen LogP contribution in [0.1, 0.15) is 44.9 Å². The van der Waals surface area contributed by atoms with Crippen molar-refractivity contribution < 1.29 is 0 Å². The Hall–Kier alpha value is -0.0800. The second-order valence-electron chi connectivity index (χ2n) is 5.14. The van der Waals surface area contributed by atoms with Crippen LogP contribution in [0.4, 0.5) is 0 Å². The fourth-order valence-electron chi connectivity index (χ4n) is 2.96. The molecule has 82 valence electrons. The second-order valence-corrected chi connectivity index (χ2v) is 5.14. The molecule has 1 aliphatic carbocycles. The van der Waals surface area contributed by atoms with Gasteiger partial charge >= 0.3 is 0 Å². The van der Waals surface area contributed by atoms with E-state index in [0.29, 0.717) is 6.04 Å². The fourth-order valence-corrected chi connectivity index (χ4v) is 2.96. The average Bonchev–Trinajstić information content (AvgIpc) is 2.67. The monoisotopic (exact) mass is 196 g/mol. The molecule has 1 saturated carbocycles. The Kier molecular flexibility index (Phi) is 3.82. The van der Waals surface area contributed by atoms with Crippen molar-refractivity contribution in [3.8, 4) is 0 Å². The van der Waals surface area contributed by atoms with Crippen molar-refractivity contribution in [1.29, 1.82) is 0 Å². The molecule has 2 heteroatoms. The zero-order chi connectivity index (χ0) is 9.80. The number of nitrogens with two attached hydrogens (primary N) is 1. The molecular weight excluding hydrogens is 172 g/mol. The van der Waals surface area contributed by atoms with Gasteiger partial charge in [0.15, 0.2) is 0 Å². The Morgan fingerprint density at radius 3 is 2.57 bits per heavy atom. The van der Waals surface area contributed by atoms with Crippen LogP contribution in [-0.2, 0) is 0 Å². The molecule has 0 aromatic heterocycles. The number of hydrogen-bond acceptors (Lipinski definition) is 2. The van der Waals surface area contributed by atoms with Crippen LogP contribution in [-0.4, -0.2) is 30.6 Å². The third-order valence-electron chi connectivity index (χ3n) is 3.87. The summed E-state index contributed by atoms with van der Waals surface area (Å²) >= 11 is 0. The molecule has 1 aliphatic heterocycles. The molecule has 0 bridgehead atoms. The molecule has 0 aromatic carbocycles. The normalized spacial score (nSPS) is 31.1. The van der Waals surface area contributed by atoms with Crippen molar-refractivity contribution in [2.45, 2.75) is 51.0 Å². The SMILES string of the molecule is NC1CCCN(CCC2CCCC2)C1. The van der Waals surface area contributed by atoms with Crippen molar-refractivity contribution in [1.82, 2.24) is 4.90 Å². The van der Waals surface area contributed by atoms with Crippen molar-refractivity contribution >= 4 is 0 Å². The molecule has 1 saturated heterocycles. The Bertz CT molecular complexity index is 164. The van der Waals surface area contributed by atoms with Gasteiger partial charge < -0.3 is 10.6 Å². The van der Waals surface area contributed by atoms with E-state index < -0.39 is 0 Å². The Morgan fingerprint density at radius 2 is 1.86 bits per heavy atom. The standard InChI is InChI=1S/C12H24N2/c13-12-6-3-8-14(10-12)9-7-11-4-1-2-5-11/h11-12H,1-10,13H2. The van der Waals surface area contributed by atoms with Crippen molar-refractivity contribution in [3.63, 3.8) is 0 Å². The van der Waals surface area contributed by atoms with E-state index in [0.717, 1.165) is 12.5 Å². The molecule has 1 heterocycles. The minimum Gasteiger partial charge on any atom is -0.327 e. The summed E-state index contributed by atoms with van der Waals surface area (Å²) in [6.07, 6.45) is 9.90. The molecule has 2 rings (SSSR count). The van der Waals surface area contributed by atoms with Crippen LogP contribution in [0.2, 0.25) is 0 Å². The van der Waals surface area contributed by atoms with E-state index in [4.69, 9.17) is 5.73 Å². The molecule has 1 unspecified atom stereocenters. The molecule has 2 fully saturated rings. The number of piperidine rings is 1. The predicted octanol–water partition coefficient (Wildman–Crippen LogP) is 1.99. The Labute approximate surface area is 87.8 Å². The van der Waals surface area contributed by atoms with Crippen LogP contribution < -0.4 is 5.73 Å². The first-order valence-electron chi connectivity index (χ1n) is 6.32. The van der Waals surface area contributed by atoms with E-state index >= 15 is 0 Å². The maximum absolute atomic E-state index is 5.97. The van der Waals surface area contributed by atoms with Crippen LogP contribution >= 0.6 is 0 Å². The lowest BCUT2D eigenvalue weighted by Crippen LogP contribution is -2.43. The number of rotatable bonds is 3. The van der Waals surface area contributed by atoms with E-state index in [-0.39, 0.29) is 0 Å². The average molecular weight is 196 g/mol. The summed E-state index contributed by atoms with van der Waals surface area (Å²) in [4.78, 5) is 2.58. The van der Waals surface area contributed by atoms with Gasteiger partial charge in [-0.3, -0.25) is 0 Å². The third kappa shape index (κ3) is 2.96. The zero-order valence-electron chi connectivity index (χ0n) is 9.25. The summed E-state index contributed by atoms with van der Waals surface area (Å²) in [5, 5.41) is 0. The molecule has 2 aliphatic rings. The minimum absolute atomic E-state index is 0.451. The summed E-state index contributed by atoms with van der Waals surface area (Å²) in [7, 11) is 0. The van der Waals surface area contributed by atoms with Gasteiger partial charge in [0.2, 0.25) is 0 Å². The first kappa shape index (κ1) is 10.4. The smallest absolute Gasteiger partial charge is 0.0168 e.